The smallest absolute Gasteiger partial charge is 0.221 e. The van der Waals surface area contributed by atoms with Gasteiger partial charge < -0.3 is 10.1 Å². The Morgan fingerprint density at radius 3 is 2.72 bits per heavy atom. The predicted molar refractivity (Wildman–Crippen MR) is 75.1 cm³/mol. The molecule has 0 saturated heterocycles. The molecule has 4 heteroatoms. The summed E-state index contributed by atoms with van der Waals surface area (Å²) < 4.78 is 5.45. The highest BCUT2D eigenvalue weighted by Gasteiger charge is 2.06. The fourth-order valence-electron chi connectivity index (χ4n) is 1.78. The molecule has 0 aliphatic rings. The maximum absolute atomic E-state index is 5.45. The Bertz CT molecular complexity index is 353. The van der Waals surface area contributed by atoms with Gasteiger partial charge in [0.15, 0.2) is 0 Å². The highest BCUT2D eigenvalue weighted by atomic mass is 16.5. The second-order valence-electron chi connectivity index (χ2n) is 4.90. The van der Waals surface area contributed by atoms with E-state index in [0.29, 0.717) is 12.5 Å². The van der Waals surface area contributed by atoms with Crippen molar-refractivity contribution in [3.63, 3.8) is 0 Å². The van der Waals surface area contributed by atoms with Crippen LogP contribution in [0.1, 0.15) is 45.6 Å². The van der Waals surface area contributed by atoms with Crippen molar-refractivity contribution >= 4 is 5.82 Å². The maximum atomic E-state index is 5.45. The van der Waals surface area contributed by atoms with Crippen LogP contribution in [0, 0.1) is 12.8 Å². The molecule has 4 nitrogen and oxygen atoms in total. The quantitative estimate of drug-likeness (QED) is 0.719. The number of hydrogen-bond acceptors (Lipinski definition) is 4. The van der Waals surface area contributed by atoms with Crippen molar-refractivity contribution in [1.82, 2.24) is 9.97 Å². The molecule has 0 unspecified atom stereocenters. The van der Waals surface area contributed by atoms with E-state index < -0.39 is 0 Å². The van der Waals surface area contributed by atoms with Gasteiger partial charge in [-0.1, -0.05) is 26.7 Å². The summed E-state index contributed by atoms with van der Waals surface area (Å²) in [6.45, 7) is 10.1. The summed E-state index contributed by atoms with van der Waals surface area (Å²) in [7, 11) is 0. The third-order valence-electron chi connectivity index (χ3n) is 2.82. The molecular weight excluding hydrogens is 226 g/mol. The molecule has 1 N–H and O–H groups in total. The lowest BCUT2D eigenvalue weighted by Crippen LogP contribution is -2.07. The Labute approximate surface area is 110 Å². The molecule has 1 rings (SSSR count). The van der Waals surface area contributed by atoms with Crippen molar-refractivity contribution in [2.75, 3.05) is 18.5 Å². The molecule has 102 valence electrons. The molecule has 1 aromatic heterocycles. The average Bonchev–Trinajstić information content (AvgIpc) is 2.33. The van der Waals surface area contributed by atoms with Crippen LogP contribution < -0.4 is 10.1 Å². The molecule has 0 atom stereocenters. The largest absolute Gasteiger partial charge is 0.478 e. The van der Waals surface area contributed by atoms with Gasteiger partial charge in [0.05, 0.1) is 12.2 Å². The minimum atomic E-state index is 0.631. The summed E-state index contributed by atoms with van der Waals surface area (Å²) >= 11 is 0. The number of anilines is 1. The van der Waals surface area contributed by atoms with Crippen LogP contribution in [-0.2, 0) is 0 Å². The highest BCUT2D eigenvalue weighted by Crippen LogP contribution is 2.20. The second kappa shape index (κ2) is 7.90. The minimum absolute atomic E-state index is 0.631. The summed E-state index contributed by atoms with van der Waals surface area (Å²) in [5, 5.41) is 3.35. The summed E-state index contributed by atoms with van der Waals surface area (Å²) in [6.07, 6.45) is 5.27. The minimum Gasteiger partial charge on any atom is -0.478 e. The van der Waals surface area contributed by atoms with Gasteiger partial charge in [-0.3, -0.25) is 0 Å². The van der Waals surface area contributed by atoms with Crippen molar-refractivity contribution < 1.29 is 4.74 Å². The van der Waals surface area contributed by atoms with Crippen LogP contribution in [0.25, 0.3) is 0 Å². The summed E-state index contributed by atoms with van der Waals surface area (Å²) in [5.74, 6) is 2.35. The first-order valence-corrected chi connectivity index (χ1v) is 6.83. The number of hydrogen-bond donors (Lipinski definition) is 1. The molecule has 0 aliphatic carbocycles. The van der Waals surface area contributed by atoms with E-state index in [2.05, 4.69) is 29.1 Å². The second-order valence-corrected chi connectivity index (χ2v) is 4.90. The van der Waals surface area contributed by atoms with E-state index in [0.717, 1.165) is 23.8 Å². The van der Waals surface area contributed by atoms with E-state index in [-0.39, 0.29) is 0 Å². The Kier molecular flexibility index (Phi) is 6.47. The predicted octanol–water partition coefficient (Wildman–Crippen LogP) is 3.42. The normalized spacial score (nSPS) is 10.7. The summed E-state index contributed by atoms with van der Waals surface area (Å²) in [5.41, 5.74) is 0.989. The molecule has 0 radical (unpaired) electrons. The standard InChI is InChI=1S/C14H25N3O/c1-5-18-14-12(4)13(16-10-17-14)15-9-7-6-8-11(2)3/h10-11H,5-9H2,1-4H3,(H,15,16,17). The van der Waals surface area contributed by atoms with Crippen molar-refractivity contribution in [1.29, 1.82) is 0 Å². The molecule has 0 saturated carbocycles. The fraction of sp³-hybridized carbons (Fsp3) is 0.714. The van der Waals surface area contributed by atoms with Gasteiger partial charge in [0.25, 0.3) is 0 Å². The molecule has 1 aromatic rings. The monoisotopic (exact) mass is 251 g/mol. The van der Waals surface area contributed by atoms with Crippen LogP contribution >= 0.6 is 0 Å². The molecule has 0 spiro atoms. The Morgan fingerprint density at radius 1 is 1.28 bits per heavy atom. The third-order valence-corrected chi connectivity index (χ3v) is 2.82. The molecule has 18 heavy (non-hydrogen) atoms. The zero-order valence-corrected chi connectivity index (χ0v) is 12.0. The van der Waals surface area contributed by atoms with Gasteiger partial charge in [-0.15, -0.1) is 0 Å². The molecular formula is C14H25N3O. The van der Waals surface area contributed by atoms with Gasteiger partial charge in [-0.25, -0.2) is 9.97 Å². The average molecular weight is 251 g/mol. The Hall–Kier alpha value is -1.32. The first-order valence-electron chi connectivity index (χ1n) is 6.83. The van der Waals surface area contributed by atoms with Crippen molar-refractivity contribution in [3.05, 3.63) is 11.9 Å². The lowest BCUT2D eigenvalue weighted by Gasteiger charge is -2.11. The van der Waals surface area contributed by atoms with Gasteiger partial charge in [0, 0.05) is 6.54 Å². The number of nitrogens with one attached hydrogen (secondary N) is 1. The van der Waals surface area contributed by atoms with Crippen LogP contribution in [-0.4, -0.2) is 23.1 Å². The van der Waals surface area contributed by atoms with Crippen molar-refractivity contribution in [2.24, 2.45) is 5.92 Å². The van der Waals surface area contributed by atoms with E-state index >= 15 is 0 Å². The SMILES string of the molecule is CCOc1ncnc(NCCCCC(C)C)c1C. The molecule has 0 aromatic carbocycles. The summed E-state index contributed by atoms with van der Waals surface area (Å²) in [4.78, 5) is 8.37. The molecule has 0 aliphatic heterocycles. The van der Waals surface area contributed by atoms with E-state index in [9.17, 15) is 0 Å². The van der Waals surface area contributed by atoms with Crippen LogP contribution in [0.4, 0.5) is 5.82 Å². The number of nitrogens with zero attached hydrogens (tertiary/aromatic N) is 2. The molecule has 0 fully saturated rings. The van der Waals surface area contributed by atoms with Crippen LogP contribution in [0.15, 0.2) is 6.33 Å². The summed E-state index contributed by atoms with van der Waals surface area (Å²) in [6, 6.07) is 0. The fourth-order valence-corrected chi connectivity index (χ4v) is 1.78. The lowest BCUT2D eigenvalue weighted by molar-refractivity contribution is 0.324. The van der Waals surface area contributed by atoms with E-state index in [1.54, 1.807) is 6.33 Å². The van der Waals surface area contributed by atoms with E-state index in [1.807, 2.05) is 13.8 Å². The van der Waals surface area contributed by atoms with Gasteiger partial charge >= 0.3 is 0 Å². The first kappa shape index (κ1) is 14.7. The van der Waals surface area contributed by atoms with Crippen molar-refractivity contribution in [3.8, 4) is 5.88 Å². The maximum Gasteiger partial charge on any atom is 0.221 e. The lowest BCUT2D eigenvalue weighted by atomic mass is 10.1. The number of aromatic nitrogens is 2. The van der Waals surface area contributed by atoms with E-state index in [4.69, 9.17) is 4.74 Å². The van der Waals surface area contributed by atoms with Crippen molar-refractivity contribution in [2.45, 2.75) is 47.0 Å². The van der Waals surface area contributed by atoms with Gasteiger partial charge in [-0.05, 0) is 26.2 Å². The third kappa shape index (κ3) is 4.90. The van der Waals surface area contributed by atoms with Gasteiger partial charge in [-0.2, -0.15) is 0 Å². The first-order chi connectivity index (χ1) is 8.65. The van der Waals surface area contributed by atoms with Gasteiger partial charge in [0.2, 0.25) is 5.88 Å². The number of unbranched alkanes of at least 4 members (excludes halogenated alkanes) is 1. The zero-order chi connectivity index (χ0) is 13.4. The van der Waals surface area contributed by atoms with Crippen LogP contribution in [0.2, 0.25) is 0 Å². The van der Waals surface area contributed by atoms with Crippen LogP contribution in [0.3, 0.4) is 0 Å². The topological polar surface area (TPSA) is 47.0 Å². The number of ether oxygens (including phenoxy) is 1. The Morgan fingerprint density at radius 2 is 2.06 bits per heavy atom. The van der Waals surface area contributed by atoms with E-state index in [1.165, 1.54) is 19.3 Å². The molecule has 0 amide bonds. The highest BCUT2D eigenvalue weighted by molar-refractivity contribution is 5.47. The molecule has 1 heterocycles. The van der Waals surface area contributed by atoms with Crippen LogP contribution in [0.5, 0.6) is 5.88 Å². The molecule has 0 bridgehead atoms. The Balaban J connectivity index is 2.40. The number of rotatable bonds is 8. The van der Waals surface area contributed by atoms with Gasteiger partial charge in [0.1, 0.15) is 12.1 Å². The zero-order valence-electron chi connectivity index (χ0n) is 12.0.